The van der Waals surface area contributed by atoms with Crippen molar-refractivity contribution in [3.8, 4) is 23.3 Å². The number of imidazole rings is 2. The number of fused-ring (bicyclic) bond motifs is 4. The molecule has 0 saturated carbocycles. The number of carboxylic acids is 1. The lowest BCUT2D eigenvalue weighted by atomic mass is 9.97. The molecule has 2 saturated heterocycles. The lowest BCUT2D eigenvalue weighted by molar-refractivity contribution is -0.142. The Morgan fingerprint density at radius 2 is 1.09 bits per heavy atom. The maximum Gasteiger partial charge on any atom is 0.308 e. The standard InChI is InChI=1S/C27H26N8O5.C19H22N6O4.C8H6N2O2.ClH/c1-39-20-7-8-21(31-27(20)40-2)30-19-13-22(33-35-11-9-28-23(19)35)34-10-3-4-15(14-34)24(36)29-16-5-6-17-18(12-16)26(38)32-25(17)37;1-28-14-5-6-15(22-18(14)29-2)21-13-10-16(23-25-9-7-20-17(13)25)24-8-3-4-12(11-24)19(26)27;9-4-1-2-5-6(3-4)8(12)10-7(5)11;/h5-9,11-13,15H,3-4,10,14H2,1-2H3,(H,29,36)(H,30,31)(H,32,37,38);5-7,9-10,12H,3-4,8,11H2,1-2H3,(H,21,22)(H,26,27);1-3H,9H2,(H,10,11,12);1H. The van der Waals surface area contributed by atoms with Crippen LogP contribution in [-0.2, 0) is 9.59 Å². The summed E-state index contributed by atoms with van der Waals surface area (Å²) < 4.78 is 24.5. The third-order valence-electron chi connectivity index (χ3n) is 13.7. The Hall–Kier alpha value is -10.3. The zero-order valence-electron chi connectivity index (χ0n) is 44.5. The smallest absolute Gasteiger partial charge is 0.308 e. The second kappa shape index (κ2) is 24.4. The lowest BCUT2D eigenvalue weighted by Gasteiger charge is -2.33. The van der Waals surface area contributed by atoms with E-state index in [1.807, 2.05) is 17.0 Å². The number of rotatable bonds is 13. The molecule has 424 valence electrons. The first kappa shape index (κ1) is 56.4. The number of aromatic nitrogens is 8. The van der Waals surface area contributed by atoms with Crippen LogP contribution in [0.4, 0.5) is 46.0 Å². The molecule has 10 heterocycles. The largest absolute Gasteiger partial charge is 0.491 e. The molecule has 2 unspecified atom stereocenters. The number of carbonyl (C=O) groups excluding carboxylic acids is 5. The van der Waals surface area contributed by atoms with Gasteiger partial charge in [-0.1, -0.05) is 0 Å². The monoisotopic (exact) mass is 1140 g/mol. The first-order valence-corrected chi connectivity index (χ1v) is 25.4. The highest BCUT2D eigenvalue weighted by Gasteiger charge is 2.31. The molecule has 0 aliphatic carbocycles. The van der Waals surface area contributed by atoms with Crippen molar-refractivity contribution in [3.05, 3.63) is 120 Å². The number of piperidine rings is 2. The van der Waals surface area contributed by atoms with Crippen molar-refractivity contribution in [1.29, 1.82) is 0 Å². The van der Waals surface area contributed by atoms with Crippen LogP contribution in [0, 0.1) is 11.8 Å². The van der Waals surface area contributed by atoms with Gasteiger partial charge in [-0.3, -0.25) is 39.4 Å². The van der Waals surface area contributed by atoms with E-state index in [9.17, 15) is 33.9 Å². The number of halogens is 1. The summed E-state index contributed by atoms with van der Waals surface area (Å²) in [6.07, 6.45) is 9.83. The Bertz CT molecular complexity index is 3780. The van der Waals surface area contributed by atoms with Gasteiger partial charge in [0.2, 0.25) is 5.91 Å². The normalized spacial score (nSPS) is 16.0. The average molecular weight is 1140 g/mol. The molecule has 4 aliphatic heterocycles. The zero-order chi connectivity index (χ0) is 56.9. The predicted octanol–water partition coefficient (Wildman–Crippen LogP) is 5.38. The number of nitrogens with one attached hydrogen (secondary N) is 5. The van der Waals surface area contributed by atoms with Gasteiger partial charge in [-0.05, 0) is 86.3 Å². The fraction of sp³-hybridized carbons (Fsp3) is 0.259. The molecule has 2 aromatic carbocycles. The molecule has 5 amide bonds. The summed E-state index contributed by atoms with van der Waals surface area (Å²) in [6.45, 7) is 2.37. The van der Waals surface area contributed by atoms with Crippen molar-refractivity contribution < 1.29 is 52.8 Å². The zero-order valence-corrected chi connectivity index (χ0v) is 45.4. The van der Waals surface area contributed by atoms with Gasteiger partial charge in [0.1, 0.15) is 11.6 Å². The molecular weight excluding hydrogens is 1080 g/mol. The van der Waals surface area contributed by atoms with Crippen molar-refractivity contribution >= 4 is 105 Å². The molecule has 12 rings (SSSR count). The third-order valence-corrected chi connectivity index (χ3v) is 13.7. The van der Waals surface area contributed by atoms with E-state index in [0.29, 0.717) is 123 Å². The SMILES string of the molecule is COc1ccc(Nc2cc(N3CCCC(C(=O)Nc4ccc5c(c4)C(=O)NC5=O)C3)nn3ccnc23)nc1OC.COc1ccc(Nc2cc(N3CCCC(C(=O)O)C3)nn3ccnc23)nc1OC.Cl.Nc1ccc2c(c1)C(=O)NC2=O. The van der Waals surface area contributed by atoms with Gasteiger partial charge in [0.25, 0.3) is 35.4 Å². The molecule has 2 fully saturated rings. The van der Waals surface area contributed by atoms with Gasteiger partial charge in [-0.25, -0.2) is 19.0 Å². The molecule has 0 bridgehead atoms. The second-order valence-corrected chi connectivity index (χ2v) is 18.8. The number of carboxylic acid groups (broad SMARTS) is 1. The summed E-state index contributed by atoms with van der Waals surface area (Å²) in [6, 6.07) is 20.2. The molecule has 8 aromatic rings. The first-order valence-electron chi connectivity index (χ1n) is 25.4. The number of carbonyl (C=O) groups is 6. The van der Waals surface area contributed by atoms with E-state index >= 15 is 0 Å². The van der Waals surface area contributed by atoms with E-state index in [1.54, 1.807) is 96.6 Å². The summed E-state index contributed by atoms with van der Waals surface area (Å²) >= 11 is 0. The number of hydrogen-bond donors (Lipinski definition) is 7. The highest BCUT2D eigenvalue weighted by molar-refractivity contribution is 6.22. The van der Waals surface area contributed by atoms with Crippen LogP contribution in [0.15, 0.2) is 97.6 Å². The topological polar surface area (TPSA) is 338 Å². The van der Waals surface area contributed by atoms with Gasteiger partial charge in [0.05, 0.1) is 73.9 Å². The van der Waals surface area contributed by atoms with Gasteiger partial charge in [-0.15, -0.1) is 22.6 Å². The van der Waals surface area contributed by atoms with Crippen LogP contribution >= 0.6 is 12.4 Å². The first-order chi connectivity index (χ1) is 39.2. The summed E-state index contributed by atoms with van der Waals surface area (Å²) in [4.78, 5) is 92.2. The molecule has 4 aliphatic rings. The van der Waals surface area contributed by atoms with E-state index in [0.717, 1.165) is 25.9 Å². The van der Waals surface area contributed by atoms with Crippen molar-refractivity contribution in [2.45, 2.75) is 25.7 Å². The number of nitrogens with zero attached hydrogens (tertiary/aromatic N) is 10. The number of benzene rings is 2. The molecule has 6 aromatic heterocycles. The number of ether oxygens (including phenoxy) is 4. The van der Waals surface area contributed by atoms with Gasteiger partial charge >= 0.3 is 5.97 Å². The number of amides is 5. The molecule has 0 radical (unpaired) electrons. The average Bonchev–Trinajstić information content (AvgIpc) is 4.44. The van der Waals surface area contributed by atoms with Crippen molar-refractivity contribution in [1.82, 2.24) is 49.8 Å². The van der Waals surface area contributed by atoms with E-state index in [4.69, 9.17) is 29.8 Å². The number of aliphatic carboxylic acids is 1. The maximum absolute atomic E-state index is 13.2. The molecule has 0 spiro atoms. The Morgan fingerprint density at radius 1 is 0.610 bits per heavy atom. The Morgan fingerprint density at radius 3 is 1.59 bits per heavy atom. The van der Waals surface area contributed by atoms with Crippen LogP contribution in [0.1, 0.15) is 67.1 Å². The Kier molecular flexibility index (Phi) is 16.8. The van der Waals surface area contributed by atoms with Crippen LogP contribution in [0.5, 0.6) is 23.3 Å². The van der Waals surface area contributed by atoms with Crippen LogP contribution in [-0.4, -0.2) is 134 Å². The van der Waals surface area contributed by atoms with Crippen molar-refractivity contribution in [2.75, 3.05) is 86.1 Å². The summed E-state index contributed by atoms with van der Waals surface area (Å²) in [7, 11) is 6.16. The molecule has 28 heteroatoms. The molecule has 8 N–H and O–H groups in total. The lowest BCUT2D eigenvalue weighted by Crippen LogP contribution is -2.41. The van der Waals surface area contributed by atoms with E-state index < -0.39 is 23.7 Å². The van der Waals surface area contributed by atoms with Crippen LogP contribution < -0.4 is 61.1 Å². The van der Waals surface area contributed by atoms with E-state index in [-0.39, 0.29) is 41.6 Å². The Balaban J connectivity index is 0.000000167. The van der Waals surface area contributed by atoms with Crippen LogP contribution in [0.25, 0.3) is 11.3 Å². The number of nitrogen functional groups attached to an aromatic ring is 1. The minimum atomic E-state index is -0.772. The minimum absolute atomic E-state index is 0. The quantitative estimate of drug-likeness (QED) is 0.0562. The summed E-state index contributed by atoms with van der Waals surface area (Å²) in [5.74, 6) is 0.983. The highest BCUT2D eigenvalue weighted by Crippen LogP contribution is 2.33. The summed E-state index contributed by atoms with van der Waals surface area (Å²) in [5.41, 5.74) is 10.4. The highest BCUT2D eigenvalue weighted by atomic mass is 35.5. The Labute approximate surface area is 472 Å². The predicted molar refractivity (Wildman–Crippen MR) is 301 cm³/mol. The van der Waals surface area contributed by atoms with Gasteiger partial charge in [-0.2, -0.15) is 9.97 Å². The number of anilines is 8. The van der Waals surface area contributed by atoms with E-state index in [1.165, 1.54) is 26.4 Å². The van der Waals surface area contributed by atoms with E-state index in [2.05, 4.69) is 56.5 Å². The van der Waals surface area contributed by atoms with Gasteiger partial charge in [0, 0.05) is 74.5 Å². The minimum Gasteiger partial charge on any atom is -0.491 e. The number of imide groups is 2. The fourth-order valence-electron chi connectivity index (χ4n) is 9.64. The molecule has 2 atom stereocenters. The number of nitrogens with two attached hydrogens (primary N) is 1. The molecule has 27 nitrogen and oxygen atoms in total. The number of hydrogen-bond acceptors (Lipinski definition) is 21. The van der Waals surface area contributed by atoms with Crippen LogP contribution in [0.2, 0.25) is 0 Å². The second-order valence-electron chi connectivity index (χ2n) is 18.8. The third kappa shape index (κ3) is 12.0. The fourth-order valence-corrected chi connectivity index (χ4v) is 9.64. The van der Waals surface area contributed by atoms with Gasteiger partial charge in [0.15, 0.2) is 34.4 Å². The number of methoxy groups -OCH3 is 4. The summed E-state index contributed by atoms with van der Waals surface area (Å²) in [5, 5.41) is 32.6. The molecule has 82 heavy (non-hydrogen) atoms. The van der Waals surface area contributed by atoms with Crippen LogP contribution in [0.3, 0.4) is 0 Å². The molecular formula is C54H55ClN16O11. The maximum atomic E-state index is 13.2. The van der Waals surface area contributed by atoms with Crippen molar-refractivity contribution in [3.63, 3.8) is 0 Å². The van der Waals surface area contributed by atoms with Crippen molar-refractivity contribution in [2.24, 2.45) is 11.8 Å². The van der Waals surface area contributed by atoms with Gasteiger partial charge < -0.3 is 55.5 Å². The number of pyridine rings is 2.